The molecule has 0 amide bonds. The average molecular weight is 346 g/mol. The first-order valence-electron chi connectivity index (χ1n) is 9.50. The predicted octanol–water partition coefficient (Wildman–Crippen LogP) is 2.85. The highest BCUT2D eigenvalue weighted by atomic mass is 19.1. The van der Waals surface area contributed by atoms with E-state index < -0.39 is 0 Å². The van der Waals surface area contributed by atoms with Crippen molar-refractivity contribution in [2.75, 3.05) is 40.3 Å². The monoisotopic (exact) mass is 346 g/mol. The Hall–Kier alpha value is -1.62. The summed E-state index contributed by atoms with van der Waals surface area (Å²) >= 11 is 0. The number of likely N-dealkylation sites (tertiary alicyclic amines) is 1. The molecule has 2 fully saturated rings. The topological polar surface area (TPSA) is 30.9 Å². The van der Waals surface area contributed by atoms with E-state index in [-0.39, 0.29) is 11.2 Å². The summed E-state index contributed by atoms with van der Waals surface area (Å²) in [5.41, 5.74) is 1.17. The van der Waals surface area contributed by atoms with Crippen molar-refractivity contribution in [3.63, 3.8) is 0 Å². The molecule has 1 saturated heterocycles. The molecule has 1 N–H and O–H groups in total. The van der Waals surface area contributed by atoms with Crippen molar-refractivity contribution in [1.82, 2.24) is 15.1 Å². The minimum Gasteiger partial charge on any atom is -0.355 e. The molecule has 1 aliphatic carbocycles. The second-order valence-electron chi connectivity index (χ2n) is 7.50. The van der Waals surface area contributed by atoms with Gasteiger partial charge in [-0.25, -0.2) is 4.39 Å². The lowest BCUT2D eigenvalue weighted by molar-refractivity contribution is 0.232. The number of hydrogen-bond acceptors (Lipinski definition) is 2. The molecule has 138 valence electrons. The molecular weight excluding hydrogens is 315 g/mol. The van der Waals surface area contributed by atoms with Crippen molar-refractivity contribution in [2.45, 2.75) is 44.1 Å². The zero-order chi connectivity index (χ0) is 17.9. The number of rotatable bonds is 6. The number of likely N-dealkylation sites (N-methyl/N-ethyl adjacent to an activating group) is 2. The molecule has 0 bridgehead atoms. The van der Waals surface area contributed by atoms with Crippen molar-refractivity contribution in [3.8, 4) is 0 Å². The van der Waals surface area contributed by atoms with Gasteiger partial charge < -0.3 is 10.2 Å². The Labute approximate surface area is 151 Å². The van der Waals surface area contributed by atoms with E-state index in [1.54, 1.807) is 6.07 Å². The van der Waals surface area contributed by atoms with Gasteiger partial charge in [-0.3, -0.25) is 9.89 Å². The first-order chi connectivity index (χ1) is 12.1. The molecule has 1 atom stereocenters. The van der Waals surface area contributed by atoms with Gasteiger partial charge in [-0.05, 0) is 56.5 Å². The van der Waals surface area contributed by atoms with Crippen LogP contribution in [0.2, 0.25) is 0 Å². The summed E-state index contributed by atoms with van der Waals surface area (Å²) in [6, 6.07) is 7.67. The third-order valence-corrected chi connectivity index (χ3v) is 5.84. The number of aliphatic imine (C=N–C) groups is 1. The highest BCUT2D eigenvalue weighted by Crippen LogP contribution is 2.47. The maximum atomic E-state index is 13.6. The predicted molar refractivity (Wildman–Crippen MR) is 102 cm³/mol. The van der Waals surface area contributed by atoms with E-state index in [1.807, 2.05) is 19.2 Å². The number of nitrogens with zero attached hydrogens (tertiary/aromatic N) is 3. The van der Waals surface area contributed by atoms with Crippen molar-refractivity contribution < 1.29 is 4.39 Å². The largest absolute Gasteiger partial charge is 0.355 e. The summed E-state index contributed by atoms with van der Waals surface area (Å²) in [6.07, 6.45) is 4.77. The van der Waals surface area contributed by atoms with Crippen molar-refractivity contribution in [1.29, 1.82) is 0 Å². The van der Waals surface area contributed by atoms with Gasteiger partial charge in [0, 0.05) is 38.6 Å². The van der Waals surface area contributed by atoms with Crippen LogP contribution < -0.4 is 5.32 Å². The lowest BCUT2D eigenvalue weighted by Gasteiger charge is -2.30. The second kappa shape index (κ2) is 7.73. The number of benzene rings is 1. The van der Waals surface area contributed by atoms with Crippen LogP contribution >= 0.6 is 0 Å². The van der Waals surface area contributed by atoms with E-state index in [9.17, 15) is 4.39 Å². The van der Waals surface area contributed by atoms with Gasteiger partial charge in [0.15, 0.2) is 5.96 Å². The Morgan fingerprint density at radius 3 is 2.88 bits per heavy atom. The zero-order valence-electron chi connectivity index (χ0n) is 15.8. The fourth-order valence-corrected chi connectivity index (χ4v) is 4.09. The molecule has 1 aliphatic heterocycles. The minimum atomic E-state index is -0.147. The number of nitrogens with one attached hydrogen (secondary N) is 1. The molecule has 0 aromatic heterocycles. The summed E-state index contributed by atoms with van der Waals surface area (Å²) < 4.78 is 13.6. The van der Waals surface area contributed by atoms with Gasteiger partial charge in [-0.1, -0.05) is 19.1 Å². The minimum absolute atomic E-state index is 0.0711. The summed E-state index contributed by atoms with van der Waals surface area (Å²) in [6.45, 7) is 6.38. The number of hydrogen-bond donors (Lipinski definition) is 1. The Morgan fingerprint density at radius 1 is 1.44 bits per heavy atom. The fourth-order valence-electron chi connectivity index (χ4n) is 4.09. The maximum Gasteiger partial charge on any atom is 0.193 e. The highest BCUT2D eigenvalue weighted by molar-refractivity contribution is 5.79. The van der Waals surface area contributed by atoms with Gasteiger partial charge >= 0.3 is 0 Å². The second-order valence-corrected chi connectivity index (χ2v) is 7.50. The molecule has 0 radical (unpaired) electrons. The fraction of sp³-hybridized carbons (Fsp3) is 0.650. The standard InChI is InChI=1S/C20H31FN4/c1-4-25-12-6-9-18(25)14-24(3)19(22-2)23-15-20(10-11-20)16-7-5-8-17(21)13-16/h5,7-8,13,18H,4,6,9-12,14-15H2,1-3H3,(H,22,23). The molecule has 4 nitrogen and oxygen atoms in total. The molecule has 25 heavy (non-hydrogen) atoms. The Kier molecular flexibility index (Phi) is 5.62. The summed E-state index contributed by atoms with van der Waals surface area (Å²) in [5, 5.41) is 3.53. The van der Waals surface area contributed by atoms with Crippen LogP contribution in [0.3, 0.4) is 0 Å². The molecule has 1 saturated carbocycles. The molecule has 2 aliphatic rings. The molecule has 0 spiro atoms. The van der Waals surface area contributed by atoms with Crippen molar-refractivity contribution >= 4 is 5.96 Å². The summed E-state index contributed by atoms with van der Waals surface area (Å²) in [4.78, 5) is 9.25. The van der Waals surface area contributed by atoms with Crippen LogP contribution in [0.25, 0.3) is 0 Å². The van der Waals surface area contributed by atoms with Gasteiger partial charge in [-0.2, -0.15) is 0 Å². The van der Waals surface area contributed by atoms with Crippen LogP contribution in [0, 0.1) is 5.82 Å². The SMILES string of the molecule is CCN1CCCC1CN(C)C(=NC)NCC1(c2cccc(F)c2)CC1. The van der Waals surface area contributed by atoms with Gasteiger partial charge in [0.05, 0.1) is 0 Å². The van der Waals surface area contributed by atoms with Crippen LogP contribution in [0.5, 0.6) is 0 Å². The molecule has 3 rings (SSSR count). The number of halogens is 1. The molecule has 1 unspecified atom stereocenters. The van der Waals surface area contributed by atoms with E-state index in [1.165, 1.54) is 25.5 Å². The van der Waals surface area contributed by atoms with Crippen LogP contribution in [0.15, 0.2) is 29.3 Å². The Bertz CT molecular complexity index is 611. The molecule has 5 heteroatoms. The van der Waals surface area contributed by atoms with Crippen LogP contribution in [-0.4, -0.2) is 62.1 Å². The van der Waals surface area contributed by atoms with Crippen LogP contribution in [-0.2, 0) is 5.41 Å². The van der Waals surface area contributed by atoms with Gasteiger partial charge in [0.1, 0.15) is 5.82 Å². The van der Waals surface area contributed by atoms with Crippen LogP contribution in [0.4, 0.5) is 4.39 Å². The van der Waals surface area contributed by atoms with Crippen LogP contribution in [0.1, 0.15) is 38.2 Å². The zero-order valence-corrected chi connectivity index (χ0v) is 15.8. The first-order valence-corrected chi connectivity index (χ1v) is 9.50. The van der Waals surface area contributed by atoms with Gasteiger partial charge in [-0.15, -0.1) is 0 Å². The third kappa shape index (κ3) is 4.14. The lowest BCUT2D eigenvalue weighted by Crippen LogP contribution is -2.47. The number of guanidine groups is 1. The van der Waals surface area contributed by atoms with Gasteiger partial charge in [0.2, 0.25) is 0 Å². The van der Waals surface area contributed by atoms with E-state index in [0.29, 0.717) is 6.04 Å². The first kappa shape index (κ1) is 18.2. The van der Waals surface area contributed by atoms with E-state index in [2.05, 4.69) is 34.1 Å². The smallest absolute Gasteiger partial charge is 0.193 e. The lowest BCUT2D eigenvalue weighted by atomic mass is 9.96. The third-order valence-electron chi connectivity index (χ3n) is 5.84. The molecule has 1 heterocycles. The van der Waals surface area contributed by atoms with Crippen molar-refractivity contribution in [3.05, 3.63) is 35.6 Å². The van der Waals surface area contributed by atoms with Crippen molar-refractivity contribution in [2.24, 2.45) is 4.99 Å². The highest BCUT2D eigenvalue weighted by Gasteiger charge is 2.44. The summed E-state index contributed by atoms with van der Waals surface area (Å²) in [7, 11) is 3.95. The molecule has 1 aromatic carbocycles. The van der Waals surface area contributed by atoms with E-state index in [0.717, 1.165) is 44.0 Å². The normalized spacial score (nSPS) is 22.9. The average Bonchev–Trinajstić information content (AvgIpc) is 3.27. The quantitative estimate of drug-likeness (QED) is 0.635. The van der Waals surface area contributed by atoms with Gasteiger partial charge in [0.25, 0.3) is 0 Å². The molecule has 1 aromatic rings. The van der Waals surface area contributed by atoms with E-state index in [4.69, 9.17) is 0 Å². The maximum absolute atomic E-state index is 13.6. The van der Waals surface area contributed by atoms with E-state index >= 15 is 0 Å². The Morgan fingerprint density at radius 2 is 2.24 bits per heavy atom. The summed E-state index contributed by atoms with van der Waals surface area (Å²) in [5.74, 6) is 0.789. The molecular formula is C20H31FN4. The Balaban J connectivity index is 1.57.